The van der Waals surface area contributed by atoms with Gasteiger partial charge in [0.1, 0.15) is 22.9 Å². The number of hydrogen-bond donors (Lipinski definition) is 2. The molecule has 2 amide bonds. The second-order valence-corrected chi connectivity index (χ2v) is 5.51. The molecule has 0 bridgehead atoms. The van der Waals surface area contributed by atoms with Gasteiger partial charge in [-0.15, -0.1) is 0 Å². The van der Waals surface area contributed by atoms with Crippen LogP contribution < -0.4 is 14.8 Å². The maximum Gasteiger partial charge on any atom is 0.277 e. The molecule has 1 aliphatic heterocycles. The highest BCUT2D eigenvalue weighted by molar-refractivity contribution is 6.17. The van der Waals surface area contributed by atoms with Gasteiger partial charge in [-0.3, -0.25) is 14.5 Å². The van der Waals surface area contributed by atoms with Gasteiger partial charge >= 0.3 is 0 Å². The van der Waals surface area contributed by atoms with Crippen LogP contribution in [0.2, 0.25) is 0 Å². The van der Waals surface area contributed by atoms with Crippen molar-refractivity contribution in [2.75, 3.05) is 25.6 Å². The van der Waals surface area contributed by atoms with Crippen LogP contribution in [0.4, 0.5) is 5.69 Å². The number of anilines is 1. The maximum atomic E-state index is 12.1. The largest absolute Gasteiger partial charge is 0.497 e. The van der Waals surface area contributed by atoms with Crippen LogP contribution in [0, 0.1) is 0 Å². The average molecular weight is 354 g/mol. The molecule has 1 aliphatic rings. The van der Waals surface area contributed by atoms with Gasteiger partial charge in [0.25, 0.3) is 11.8 Å². The van der Waals surface area contributed by atoms with Crippen molar-refractivity contribution < 1.29 is 24.2 Å². The Labute approximate surface area is 150 Å². The zero-order chi connectivity index (χ0) is 18.5. The number of aliphatic hydroxyl groups excluding tert-OH is 1. The fourth-order valence-corrected chi connectivity index (χ4v) is 2.47. The fraction of sp³-hybridized carbons (Fsp3) is 0.158. The predicted octanol–water partition coefficient (Wildman–Crippen LogP) is 2.14. The second-order valence-electron chi connectivity index (χ2n) is 5.51. The quantitative estimate of drug-likeness (QED) is 0.741. The van der Waals surface area contributed by atoms with Gasteiger partial charge in [-0.2, -0.15) is 0 Å². The van der Waals surface area contributed by atoms with Crippen molar-refractivity contribution in [1.29, 1.82) is 0 Å². The predicted molar refractivity (Wildman–Crippen MR) is 95.0 cm³/mol. The van der Waals surface area contributed by atoms with Crippen molar-refractivity contribution in [3.05, 3.63) is 60.3 Å². The zero-order valence-electron chi connectivity index (χ0n) is 14.1. The smallest absolute Gasteiger partial charge is 0.277 e. The van der Waals surface area contributed by atoms with E-state index in [1.807, 2.05) is 18.2 Å². The molecule has 0 fully saturated rings. The number of imide groups is 1. The molecule has 0 atom stereocenters. The molecule has 0 aliphatic carbocycles. The normalized spacial score (nSPS) is 13.6. The summed E-state index contributed by atoms with van der Waals surface area (Å²) in [5, 5.41) is 11.8. The molecule has 0 saturated heterocycles. The van der Waals surface area contributed by atoms with Crippen molar-refractivity contribution in [3.8, 4) is 17.2 Å². The molecule has 0 spiro atoms. The summed E-state index contributed by atoms with van der Waals surface area (Å²) >= 11 is 0. The first kappa shape index (κ1) is 17.5. The molecule has 0 aromatic heterocycles. The van der Waals surface area contributed by atoms with Gasteiger partial charge in [-0.25, -0.2) is 0 Å². The van der Waals surface area contributed by atoms with Gasteiger partial charge in [0.15, 0.2) is 0 Å². The molecule has 2 aromatic carbocycles. The number of amides is 2. The Morgan fingerprint density at radius 1 is 1.04 bits per heavy atom. The van der Waals surface area contributed by atoms with Crippen LogP contribution in [-0.2, 0) is 9.59 Å². The van der Waals surface area contributed by atoms with E-state index in [-0.39, 0.29) is 18.8 Å². The Morgan fingerprint density at radius 3 is 2.46 bits per heavy atom. The minimum atomic E-state index is -0.458. The van der Waals surface area contributed by atoms with Crippen molar-refractivity contribution in [2.45, 2.75) is 0 Å². The number of nitrogens with one attached hydrogen (secondary N) is 1. The van der Waals surface area contributed by atoms with E-state index in [1.54, 1.807) is 37.4 Å². The lowest BCUT2D eigenvalue weighted by Gasteiger charge is -2.13. The van der Waals surface area contributed by atoms with Crippen LogP contribution in [0.25, 0.3) is 0 Å². The van der Waals surface area contributed by atoms with Crippen molar-refractivity contribution in [1.82, 2.24) is 4.90 Å². The molecule has 3 rings (SSSR count). The van der Waals surface area contributed by atoms with E-state index < -0.39 is 11.8 Å². The molecule has 7 heteroatoms. The molecule has 7 nitrogen and oxygen atoms in total. The SMILES string of the molecule is COc1cccc(Oc2ccc(NC3=CC(=O)N(CCO)C3=O)cc2)c1. The number of hydrogen-bond acceptors (Lipinski definition) is 6. The molecular formula is C19H18N2O5. The van der Waals surface area contributed by atoms with Crippen LogP contribution in [-0.4, -0.2) is 42.1 Å². The molecule has 134 valence electrons. The lowest BCUT2D eigenvalue weighted by molar-refractivity contribution is -0.137. The van der Waals surface area contributed by atoms with E-state index in [4.69, 9.17) is 14.6 Å². The molecule has 0 saturated carbocycles. The molecule has 2 N–H and O–H groups in total. The Hall–Kier alpha value is -3.32. The summed E-state index contributed by atoms with van der Waals surface area (Å²) in [6, 6.07) is 14.2. The van der Waals surface area contributed by atoms with E-state index in [1.165, 1.54) is 6.08 Å². The molecule has 2 aromatic rings. The Bertz CT molecular complexity index is 845. The topological polar surface area (TPSA) is 88.1 Å². The average Bonchev–Trinajstić information content (AvgIpc) is 2.91. The minimum absolute atomic E-state index is 0.0212. The zero-order valence-corrected chi connectivity index (χ0v) is 14.1. The van der Waals surface area contributed by atoms with Gasteiger partial charge in [0.2, 0.25) is 0 Å². The standard InChI is InChI=1S/C19H18N2O5/c1-25-15-3-2-4-16(11-15)26-14-7-5-13(6-8-14)20-17-12-18(23)21(9-10-22)19(17)24/h2-8,11-12,20,22H,9-10H2,1H3. The fourth-order valence-electron chi connectivity index (χ4n) is 2.47. The van der Waals surface area contributed by atoms with E-state index in [9.17, 15) is 9.59 Å². The van der Waals surface area contributed by atoms with Crippen LogP contribution in [0.3, 0.4) is 0 Å². The van der Waals surface area contributed by atoms with Crippen LogP contribution in [0.15, 0.2) is 60.3 Å². The van der Waals surface area contributed by atoms with Crippen LogP contribution >= 0.6 is 0 Å². The molecule has 1 heterocycles. The number of carbonyl (C=O) groups excluding carboxylic acids is 2. The minimum Gasteiger partial charge on any atom is -0.497 e. The first-order chi connectivity index (χ1) is 12.6. The lowest BCUT2D eigenvalue weighted by atomic mass is 10.2. The molecule has 26 heavy (non-hydrogen) atoms. The van der Waals surface area contributed by atoms with E-state index in [2.05, 4.69) is 5.32 Å². The summed E-state index contributed by atoms with van der Waals surface area (Å²) in [5.41, 5.74) is 0.811. The second kappa shape index (κ2) is 7.71. The van der Waals surface area contributed by atoms with Gasteiger partial charge in [-0.05, 0) is 36.4 Å². The number of aliphatic hydroxyl groups is 1. The maximum absolute atomic E-state index is 12.1. The molecular weight excluding hydrogens is 336 g/mol. The third-order valence-electron chi connectivity index (χ3n) is 3.74. The highest BCUT2D eigenvalue weighted by Crippen LogP contribution is 2.26. The Kier molecular flexibility index (Phi) is 5.19. The van der Waals surface area contributed by atoms with E-state index >= 15 is 0 Å². The third-order valence-corrected chi connectivity index (χ3v) is 3.74. The number of rotatable bonds is 7. The monoisotopic (exact) mass is 354 g/mol. The number of ether oxygens (including phenoxy) is 2. The van der Waals surface area contributed by atoms with Gasteiger partial charge in [-0.1, -0.05) is 6.07 Å². The number of β-amino-alcohol motifs (C(OH)–C–C–N with tert-alkyl or cyclic N) is 1. The van der Waals surface area contributed by atoms with Crippen LogP contribution in [0.5, 0.6) is 17.2 Å². The number of methoxy groups -OCH3 is 1. The highest BCUT2D eigenvalue weighted by Gasteiger charge is 2.30. The third kappa shape index (κ3) is 3.84. The van der Waals surface area contributed by atoms with Gasteiger partial charge in [0.05, 0.1) is 20.3 Å². The number of nitrogens with zero attached hydrogens (tertiary/aromatic N) is 1. The van der Waals surface area contributed by atoms with Gasteiger partial charge < -0.3 is 19.9 Å². The van der Waals surface area contributed by atoms with E-state index in [0.29, 0.717) is 22.9 Å². The van der Waals surface area contributed by atoms with Crippen LogP contribution in [0.1, 0.15) is 0 Å². The Morgan fingerprint density at radius 2 is 1.77 bits per heavy atom. The molecule has 0 radical (unpaired) electrons. The Balaban J connectivity index is 1.66. The summed E-state index contributed by atoms with van der Waals surface area (Å²) in [6.07, 6.45) is 1.22. The van der Waals surface area contributed by atoms with Crippen molar-refractivity contribution >= 4 is 17.5 Å². The van der Waals surface area contributed by atoms with E-state index in [0.717, 1.165) is 4.90 Å². The lowest BCUT2D eigenvalue weighted by Crippen LogP contribution is -2.34. The summed E-state index contributed by atoms with van der Waals surface area (Å²) in [4.78, 5) is 24.8. The summed E-state index contributed by atoms with van der Waals surface area (Å²) in [6.45, 7) is -0.290. The highest BCUT2D eigenvalue weighted by atomic mass is 16.5. The molecule has 0 unspecified atom stereocenters. The first-order valence-electron chi connectivity index (χ1n) is 7.98. The number of carbonyl (C=O) groups is 2. The van der Waals surface area contributed by atoms with Crippen molar-refractivity contribution in [2.24, 2.45) is 0 Å². The van der Waals surface area contributed by atoms with Crippen molar-refractivity contribution in [3.63, 3.8) is 0 Å². The summed E-state index contributed by atoms with van der Waals surface area (Å²) < 4.78 is 10.9. The van der Waals surface area contributed by atoms with Gasteiger partial charge in [0, 0.05) is 17.8 Å². The summed E-state index contributed by atoms with van der Waals surface area (Å²) in [7, 11) is 1.59. The summed E-state index contributed by atoms with van der Waals surface area (Å²) in [5.74, 6) is 1.06. The first-order valence-corrected chi connectivity index (χ1v) is 7.98. The number of benzene rings is 2.